The first-order chi connectivity index (χ1) is 8.72. The molecule has 0 amide bonds. The Bertz CT molecular complexity index is 581. The van der Waals surface area contributed by atoms with E-state index in [1.807, 2.05) is 24.3 Å². The Balaban J connectivity index is 1.92. The molecule has 3 N–H and O–H groups in total. The van der Waals surface area contributed by atoms with E-state index in [0.29, 0.717) is 17.8 Å². The molecule has 92 valence electrons. The minimum atomic E-state index is 0.506. The molecule has 5 heteroatoms. The maximum atomic E-state index is 5.99. The van der Waals surface area contributed by atoms with Crippen molar-refractivity contribution >= 4 is 27.7 Å². The summed E-state index contributed by atoms with van der Waals surface area (Å²) in [5.41, 5.74) is 7.87. The predicted molar refractivity (Wildman–Crippen MR) is 76.2 cm³/mol. The van der Waals surface area contributed by atoms with E-state index in [1.54, 1.807) is 6.20 Å². The van der Waals surface area contributed by atoms with Crippen molar-refractivity contribution in [2.24, 2.45) is 0 Å². The number of rotatable bonds is 3. The summed E-state index contributed by atoms with van der Waals surface area (Å²) in [6, 6.07) is 8.47. The fourth-order valence-electron chi connectivity index (χ4n) is 1.75. The number of hydrogen-bond donors (Lipinski definition) is 2. The first-order valence-corrected chi connectivity index (χ1v) is 6.66. The highest BCUT2D eigenvalue weighted by atomic mass is 79.9. The highest BCUT2D eigenvalue weighted by Gasteiger charge is 2.22. The molecule has 0 atom stereocenters. The monoisotopic (exact) mass is 304 g/mol. The second-order valence-corrected chi connectivity index (χ2v) is 5.34. The third kappa shape index (κ3) is 2.46. The third-order valence-corrected chi connectivity index (χ3v) is 3.36. The molecule has 3 rings (SSSR count). The molecule has 1 saturated carbocycles. The lowest BCUT2D eigenvalue weighted by atomic mass is 10.1. The van der Waals surface area contributed by atoms with Crippen molar-refractivity contribution in [3.8, 4) is 11.1 Å². The van der Waals surface area contributed by atoms with E-state index in [4.69, 9.17) is 5.73 Å². The molecule has 0 saturated heterocycles. The molecule has 1 aromatic carbocycles. The molecule has 1 aromatic heterocycles. The van der Waals surface area contributed by atoms with Gasteiger partial charge in [0, 0.05) is 22.3 Å². The van der Waals surface area contributed by atoms with E-state index in [2.05, 4.69) is 31.2 Å². The Hall–Kier alpha value is -1.62. The number of benzene rings is 1. The lowest BCUT2D eigenvalue weighted by molar-refractivity contribution is 1.06. The van der Waals surface area contributed by atoms with Crippen molar-refractivity contribution in [1.29, 1.82) is 0 Å². The highest BCUT2D eigenvalue weighted by molar-refractivity contribution is 9.10. The van der Waals surface area contributed by atoms with Crippen molar-refractivity contribution in [3.05, 3.63) is 34.9 Å². The molecule has 4 nitrogen and oxygen atoms in total. The van der Waals surface area contributed by atoms with E-state index in [-0.39, 0.29) is 0 Å². The van der Waals surface area contributed by atoms with E-state index in [9.17, 15) is 0 Å². The van der Waals surface area contributed by atoms with Crippen molar-refractivity contribution in [3.63, 3.8) is 0 Å². The number of nitrogen functional groups attached to an aromatic ring is 1. The maximum absolute atomic E-state index is 5.99. The van der Waals surface area contributed by atoms with Crippen molar-refractivity contribution in [2.75, 3.05) is 11.1 Å². The Morgan fingerprint density at radius 1 is 1.33 bits per heavy atom. The number of aromatic nitrogens is 2. The van der Waals surface area contributed by atoms with E-state index in [1.165, 1.54) is 12.8 Å². The molecule has 1 fully saturated rings. The van der Waals surface area contributed by atoms with Crippen molar-refractivity contribution in [1.82, 2.24) is 9.97 Å². The largest absolute Gasteiger partial charge is 0.383 e. The van der Waals surface area contributed by atoms with Crippen LogP contribution in [0.4, 0.5) is 11.8 Å². The van der Waals surface area contributed by atoms with Gasteiger partial charge in [0.05, 0.1) is 0 Å². The third-order valence-electron chi connectivity index (χ3n) is 2.86. The summed E-state index contributed by atoms with van der Waals surface area (Å²) in [5, 5.41) is 3.24. The molecule has 1 aliphatic rings. The van der Waals surface area contributed by atoms with Gasteiger partial charge >= 0.3 is 0 Å². The average Bonchev–Trinajstić information content (AvgIpc) is 3.13. The van der Waals surface area contributed by atoms with Crippen LogP contribution in [0.2, 0.25) is 0 Å². The molecule has 2 aromatic rings. The van der Waals surface area contributed by atoms with Crippen LogP contribution in [0.5, 0.6) is 0 Å². The Morgan fingerprint density at radius 2 is 2.17 bits per heavy atom. The first kappa shape index (κ1) is 11.5. The summed E-state index contributed by atoms with van der Waals surface area (Å²) in [5.74, 6) is 1.12. The van der Waals surface area contributed by atoms with Crippen LogP contribution in [-0.4, -0.2) is 16.0 Å². The minimum Gasteiger partial charge on any atom is -0.383 e. The molecule has 0 radical (unpaired) electrons. The van der Waals surface area contributed by atoms with Crippen LogP contribution in [0.1, 0.15) is 12.8 Å². The summed E-state index contributed by atoms with van der Waals surface area (Å²) in [4.78, 5) is 8.61. The van der Waals surface area contributed by atoms with Gasteiger partial charge in [0.15, 0.2) is 0 Å². The number of halogens is 1. The summed E-state index contributed by atoms with van der Waals surface area (Å²) in [6.07, 6.45) is 4.15. The summed E-state index contributed by atoms with van der Waals surface area (Å²) >= 11 is 3.45. The molecule has 18 heavy (non-hydrogen) atoms. The molecule has 0 spiro atoms. The smallest absolute Gasteiger partial charge is 0.224 e. The van der Waals surface area contributed by atoms with Crippen LogP contribution >= 0.6 is 15.9 Å². The fraction of sp³-hybridized carbons (Fsp3) is 0.231. The van der Waals surface area contributed by atoms with Gasteiger partial charge in [-0.05, 0) is 30.5 Å². The summed E-state index contributed by atoms with van der Waals surface area (Å²) in [6.45, 7) is 0. The van der Waals surface area contributed by atoms with Crippen molar-refractivity contribution < 1.29 is 0 Å². The second-order valence-electron chi connectivity index (χ2n) is 4.42. The van der Waals surface area contributed by atoms with Gasteiger partial charge in [0.2, 0.25) is 5.95 Å². The maximum Gasteiger partial charge on any atom is 0.224 e. The lowest BCUT2D eigenvalue weighted by Crippen LogP contribution is -2.07. The zero-order valence-corrected chi connectivity index (χ0v) is 11.3. The Labute approximate surface area is 114 Å². The standard InChI is InChI=1S/C13H13BrN4/c14-9-3-1-2-8(6-9)11-7-16-13(18-12(11)15)17-10-4-5-10/h1-3,6-7,10H,4-5H2,(H3,15,16,17,18). The van der Waals surface area contributed by atoms with Crippen LogP contribution in [0.3, 0.4) is 0 Å². The first-order valence-electron chi connectivity index (χ1n) is 5.87. The molecule has 0 unspecified atom stereocenters. The second kappa shape index (κ2) is 4.57. The van der Waals surface area contributed by atoms with Gasteiger partial charge in [0.25, 0.3) is 0 Å². The zero-order chi connectivity index (χ0) is 12.5. The van der Waals surface area contributed by atoms with Gasteiger partial charge in [-0.25, -0.2) is 4.98 Å². The molecule has 0 aliphatic heterocycles. The molecular weight excluding hydrogens is 292 g/mol. The normalized spacial score (nSPS) is 14.5. The van der Waals surface area contributed by atoms with Crippen molar-refractivity contribution in [2.45, 2.75) is 18.9 Å². The fourth-order valence-corrected chi connectivity index (χ4v) is 2.15. The summed E-state index contributed by atoms with van der Waals surface area (Å²) < 4.78 is 1.01. The number of nitrogens with zero attached hydrogens (tertiary/aromatic N) is 2. The van der Waals surface area contributed by atoms with E-state index < -0.39 is 0 Å². The van der Waals surface area contributed by atoms with Crippen LogP contribution < -0.4 is 11.1 Å². The number of hydrogen-bond acceptors (Lipinski definition) is 4. The SMILES string of the molecule is Nc1nc(NC2CC2)ncc1-c1cccc(Br)c1. The predicted octanol–water partition coefficient (Wildman–Crippen LogP) is 3.06. The Kier molecular flexibility index (Phi) is 2.91. The van der Waals surface area contributed by atoms with Crippen LogP contribution in [-0.2, 0) is 0 Å². The summed E-state index contributed by atoms with van der Waals surface area (Å²) in [7, 11) is 0. The van der Waals surface area contributed by atoms with Gasteiger partial charge in [0.1, 0.15) is 5.82 Å². The number of nitrogens with two attached hydrogens (primary N) is 1. The van der Waals surface area contributed by atoms with Crippen LogP contribution in [0.25, 0.3) is 11.1 Å². The lowest BCUT2D eigenvalue weighted by Gasteiger charge is -2.08. The van der Waals surface area contributed by atoms with Crippen LogP contribution in [0, 0.1) is 0 Å². The average molecular weight is 305 g/mol. The van der Waals surface area contributed by atoms with E-state index >= 15 is 0 Å². The van der Waals surface area contributed by atoms with Gasteiger partial charge < -0.3 is 11.1 Å². The molecule has 1 aliphatic carbocycles. The van der Waals surface area contributed by atoms with E-state index in [0.717, 1.165) is 15.6 Å². The van der Waals surface area contributed by atoms with Gasteiger partial charge in [-0.1, -0.05) is 28.1 Å². The van der Waals surface area contributed by atoms with Gasteiger partial charge in [-0.3, -0.25) is 0 Å². The molecular formula is C13H13BrN4. The molecule has 0 bridgehead atoms. The highest BCUT2D eigenvalue weighted by Crippen LogP contribution is 2.28. The Morgan fingerprint density at radius 3 is 2.83 bits per heavy atom. The molecule has 1 heterocycles. The quantitative estimate of drug-likeness (QED) is 0.915. The number of nitrogens with one attached hydrogen (secondary N) is 1. The minimum absolute atomic E-state index is 0.506. The zero-order valence-electron chi connectivity index (χ0n) is 9.73. The van der Waals surface area contributed by atoms with Gasteiger partial charge in [-0.2, -0.15) is 4.98 Å². The topological polar surface area (TPSA) is 63.8 Å². The number of anilines is 2. The van der Waals surface area contributed by atoms with Gasteiger partial charge in [-0.15, -0.1) is 0 Å². The van der Waals surface area contributed by atoms with Crippen LogP contribution in [0.15, 0.2) is 34.9 Å².